The third kappa shape index (κ3) is 3.08. The van der Waals surface area contributed by atoms with Crippen LogP contribution in [0.4, 0.5) is 17.6 Å². The highest BCUT2D eigenvalue weighted by Crippen LogP contribution is 2.32. The van der Waals surface area contributed by atoms with Gasteiger partial charge in [0.05, 0.1) is 16.3 Å². The molecule has 1 aromatic heterocycles. The van der Waals surface area contributed by atoms with Crippen LogP contribution in [0.2, 0.25) is 10.3 Å². The normalized spacial score (nSPS) is 11.0. The van der Waals surface area contributed by atoms with Crippen molar-refractivity contribution in [3.63, 3.8) is 0 Å². The maximum absolute atomic E-state index is 14.3. The van der Waals surface area contributed by atoms with Gasteiger partial charge in [-0.3, -0.25) is 9.36 Å². The quantitative estimate of drug-likeness (QED) is 0.441. The Labute approximate surface area is 154 Å². The van der Waals surface area contributed by atoms with Crippen molar-refractivity contribution < 1.29 is 22.4 Å². The summed E-state index contributed by atoms with van der Waals surface area (Å²) in [5.41, 5.74) is -1.10. The van der Waals surface area contributed by atoms with Gasteiger partial charge in [-0.2, -0.15) is 0 Å². The molecule has 0 atom stereocenters. The van der Waals surface area contributed by atoms with E-state index in [0.29, 0.717) is 12.1 Å². The number of hydrogen-bond donors (Lipinski definition) is 0. The molecule has 134 valence electrons. The summed E-state index contributed by atoms with van der Waals surface area (Å²) in [5, 5.41) is -0.698. The van der Waals surface area contributed by atoms with Crippen LogP contribution < -0.4 is 0 Å². The fraction of sp³-hybridized carbons (Fsp3) is 0.0588. The largest absolute Gasteiger partial charge is 0.287 e. The summed E-state index contributed by atoms with van der Waals surface area (Å²) < 4.78 is 55.6. The number of aromatic nitrogens is 2. The molecule has 0 amide bonds. The smallest absolute Gasteiger partial charge is 0.214 e. The van der Waals surface area contributed by atoms with Gasteiger partial charge >= 0.3 is 0 Å². The van der Waals surface area contributed by atoms with Crippen LogP contribution in [0.5, 0.6) is 0 Å². The molecule has 0 aliphatic rings. The third-order valence-corrected chi connectivity index (χ3v) is 4.15. The van der Waals surface area contributed by atoms with E-state index in [0.717, 1.165) is 22.8 Å². The van der Waals surface area contributed by atoms with E-state index >= 15 is 0 Å². The van der Waals surface area contributed by atoms with Gasteiger partial charge < -0.3 is 0 Å². The lowest BCUT2D eigenvalue weighted by Gasteiger charge is -2.13. The monoisotopic (exact) mass is 402 g/mol. The van der Waals surface area contributed by atoms with Crippen molar-refractivity contribution >= 4 is 29.0 Å². The van der Waals surface area contributed by atoms with Crippen LogP contribution in [0.25, 0.3) is 5.69 Å². The van der Waals surface area contributed by atoms with E-state index in [9.17, 15) is 22.4 Å². The Balaban J connectivity index is 2.27. The van der Waals surface area contributed by atoms with E-state index in [1.165, 1.54) is 6.92 Å². The van der Waals surface area contributed by atoms with Gasteiger partial charge in [-0.1, -0.05) is 11.6 Å². The molecular formula is C17H8Cl2F4N2O. The van der Waals surface area contributed by atoms with Crippen LogP contribution in [0.1, 0.15) is 21.7 Å². The molecule has 3 rings (SSSR count). The number of ketones is 1. The van der Waals surface area contributed by atoms with Gasteiger partial charge in [0, 0.05) is 12.1 Å². The predicted molar refractivity (Wildman–Crippen MR) is 88.0 cm³/mol. The van der Waals surface area contributed by atoms with E-state index < -0.39 is 40.3 Å². The Bertz CT molecular complexity index is 1030. The zero-order valence-corrected chi connectivity index (χ0v) is 14.5. The molecule has 0 aliphatic heterocycles. The molecule has 0 saturated heterocycles. The van der Waals surface area contributed by atoms with Crippen LogP contribution in [-0.4, -0.2) is 15.3 Å². The summed E-state index contributed by atoms with van der Waals surface area (Å²) >= 11 is 11.9. The zero-order valence-electron chi connectivity index (χ0n) is 13.0. The Morgan fingerprint density at radius 1 is 1.00 bits per heavy atom. The Kier molecular flexibility index (Phi) is 4.77. The summed E-state index contributed by atoms with van der Waals surface area (Å²) in [5.74, 6) is -4.91. The molecule has 1 heterocycles. The van der Waals surface area contributed by atoms with Crippen molar-refractivity contribution in [1.29, 1.82) is 0 Å². The number of hydrogen-bond acceptors (Lipinski definition) is 2. The van der Waals surface area contributed by atoms with Crippen LogP contribution >= 0.6 is 23.2 Å². The first-order valence-electron chi connectivity index (χ1n) is 7.10. The van der Waals surface area contributed by atoms with Crippen molar-refractivity contribution in [3.05, 3.63) is 80.9 Å². The lowest BCUT2D eigenvalue weighted by Crippen LogP contribution is -2.14. The average molecular weight is 403 g/mol. The summed E-state index contributed by atoms with van der Waals surface area (Å²) in [6.07, 6.45) is 0. The van der Waals surface area contributed by atoms with Gasteiger partial charge in [0.15, 0.2) is 5.82 Å². The van der Waals surface area contributed by atoms with Crippen LogP contribution in [0.15, 0.2) is 30.3 Å². The molecule has 0 unspecified atom stereocenters. The highest BCUT2D eigenvalue weighted by Gasteiger charge is 2.27. The van der Waals surface area contributed by atoms with Gasteiger partial charge in [-0.05, 0) is 36.7 Å². The molecule has 0 spiro atoms. The molecule has 0 fully saturated rings. The maximum Gasteiger partial charge on any atom is 0.214 e. The summed E-state index contributed by atoms with van der Waals surface area (Å²) in [6.45, 7) is 1.40. The highest BCUT2D eigenvalue weighted by atomic mass is 35.5. The van der Waals surface area contributed by atoms with Gasteiger partial charge in [0.25, 0.3) is 0 Å². The van der Waals surface area contributed by atoms with Crippen molar-refractivity contribution in [2.75, 3.05) is 0 Å². The maximum atomic E-state index is 14.3. The van der Waals surface area contributed by atoms with Crippen LogP contribution in [-0.2, 0) is 0 Å². The molecule has 2 aromatic carbocycles. The standard InChI is InChI=1S/C17H8Cl2F4N2O/c1-7-14(16(26)10-3-2-8(20)5-12(10)22)25(17(19)24-7)15-11(18)4-9(21)6-13(15)23/h2-6H,1H3. The molecule has 3 nitrogen and oxygen atoms in total. The van der Waals surface area contributed by atoms with E-state index in [2.05, 4.69) is 4.98 Å². The van der Waals surface area contributed by atoms with E-state index in [4.69, 9.17) is 23.2 Å². The lowest BCUT2D eigenvalue weighted by atomic mass is 10.1. The molecule has 26 heavy (non-hydrogen) atoms. The Hall–Kier alpha value is -2.38. The Morgan fingerprint density at radius 2 is 1.65 bits per heavy atom. The molecule has 3 aromatic rings. The second kappa shape index (κ2) is 6.74. The number of imidazole rings is 1. The number of carbonyl (C=O) groups is 1. The van der Waals surface area contributed by atoms with E-state index in [1.54, 1.807) is 0 Å². The van der Waals surface area contributed by atoms with Crippen molar-refractivity contribution in [2.24, 2.45) is 0 Å². The second-order valence-electron chi connectivity index (χ2n) is 5.32. The number of halogens is 6. The van der Waals surface area contributed by atoms with E-state index in [-0.39, 0.29) is 21.7 Å². The number of aryl methyl sites for hydroxylation is 1. The first-order chi connectivity index (χ1) is 12.2. The topological polar surface area (TPSA) is 34.9 Å². The van der Waals surface area contributed by atoms with Crippen LogP contribution in [0, 0.1) is 30.2 Å². The summed E-state index contributed by atoms with van der Waals surface area (Å²) in [7, 11) is 0. The minimum absolute atomic E-state index is 0.0588. The second-order valence-corrected chi connectivity index (χ2v) is 6.07. The van der Waals surface area contributed by atoms with Gasteiger partial charge in [0.1, 0.15) is 28.8 Å². The fourth-order valence-electron chi connectivity index (χ4n) is 2.51. The average Bonchev–Trinajstić information content (AvgIpc) is 2.80. The highest BCUT2D eigenvalue weighted by molar-refractivity contribution is 6.33. The number of nitrogens with zero attached hydrogens (tertiary/aromatic N) is 2. The first-order valence-corrected chi connectivity index (χ1v) is 7.85. The van der Waals surface area contributed by atoms with E-state index in [1.807, 2.05) is 0 Å². The number of rotatable bonds is 3. The Morgan fingerprint density at radius 3 is 2.27 bits per heavy atom. The van der Waals surface area contributed by atoms with Crippen molar-refractivity contribution in [3.8, 4) is 5.69 Å². The minimum Gasteiger partial charge on any atom is -0.287 e. The van der Waals surface area contributed by atoms with Crippen LogP contribution in [0.3, 0.4) is 0 Å². The molecule has 0 aliphatic carbocycles. The molecule has 0 N–H and O–H groups in total. The predicted octanol–water partition coefficient (Wildman–Crippen LogP) is 5.27. The molecule has 0 saturated carbocycles. The third-order valence-electron chi connectivity index (χ3n) is 3.61. The molecule has 0 radical (unpaired) electrons. The number of benzene rings is 2. The molecule has 0 bridgehead atoms. The molecular weight excluding hydrogens is 395 g/mol. The SMILES string of the molecule is Cc1nc(Cl)n(-c2c(F)cc(F)cc2Cl)c1C(=O)c1ccc(F)cc1F. The fourth-order valence-corrected chi connectivity index (χ4v) is 3.09. The van der Waals surface area contributed by atoms with Crippen molar-refractivity contribution in [1.82, 2.24) is 9.55 Å². The van der Waals surface area contributed by atoms with Gasteiger partial charge in [-0.25, -0.2) is 22.5 Å². The zero-order chi connectivity index (χ0) is 19.2. The lowest BCUT2D eigenvalue weighted by molar-refractivity contribution is 0.102. The van der Waals surface area contributed by atoms with Gasteiger partial charge in [0.2, 0.25) is 11.1 Å². The summed E-state index contributed by atoms with van der Waals surface area (Å²) in [6, 6.07) is 3.77. The first kappa shape index (κ1) is 18.4. The minimum atomic E-state index is -1.11. The van der Waals surface area contributed by atoms with Gasteiger partial charge in [-0.15, -0.1) is 0 Å². The number of carbonyl (C=O) groups excluding carboxylic acids is 1. The summed E-state index contributed by atoms with van der Waals surface area (Å²) in [4.78, 5) is 16.7. The van der Waals surface area contributed by atoms with Crippen molar-refractivity contribution in [2.45, 2.75) is 6.92 Å². The molecule has 9 heteroatoms.